The Morgan fingerprint density at radius 1 is 0.260 bits per heavy atom. The lowest BCUT2D eigenvalue weighted by Gasteiger charge is -2.35. The summed E-state index contributed by atoms with van der Waals surface area (Å²) in [5.41, 5.74) is 21.1. The van der Waals surface area contributed by atoms with Crippen LogP contribution in [-0.4, -0.2) is 4.57 Å². The highest BCUT2D eigenvalue weighted by molar-refractivity contribution is 6.12. The molecule has 2 heteroatoms. The fraction of sp³-hybridized carbons (Fsp3) is 0.0133. The van der Waals surface area contributed by atoms with Crippen molar-refractivity contribution in [1.82, 2.24) is 4.57 Å². The van der Waals surface area contributed by atoms with Gasteiger partial charge in [0.15, 0.2) is 0 Å². The number of para-hydroxylation sites is 1. The topological polar surface area (TPSA) is 8.17 Å². The van der Waals surface area contributed by atoms with Crippen LogP contribution in [0.5, 0.6) is 0 Å². The van der Waals surface area contributed by atoms with Gasteiger partial charge in [0, 0.05) is 33.2 Å². The maximum Gasteiger partial charge on any atom is 0.0714 e. The van der Waals surface area contributed by atoms with Crippen molar-refractivity contribution < 1.29 is 0 Å². The molecule has 1 heterocycles. The van der Waals surface area contributed by atoms with Gasteiger partial charge in [-0.1, -0.05) is 237 Å². The van der Waals surface area contributed by atoms with Crippen LogP contribution in [0.4, 0.5) is 17.1 Å². The first-order chi connectivity index (χ1) is 38.2. The second-order valence-electron chi connectivity index (χ2n) is 20.4. The summed E-state index contributed by atoms with van der Waals surface area (Å²) in [6, 6.07) is 112. The molecule has 360 valence electrons. The summed E-state index contributed by atoms with van der Waals surface area (Å²) < 4.78 is 2.43. The molecule has 1 aliphatic carbocycles. The average Bonchev–Trinajstić information content (AvgIpc) is 4.20. The number of hydrogen-bond acceptors (Lipinski definition) is 1. The van der Waals surface area contributed by atoms with Crippen molar-refractivity contribution in [3.63, 3.8) is 0 Å². The zero-order valence-electron chi connectivity index (χ0n) is 42.3. The average molecular weight is 979 g/mol. The number of hydrogen-bond donors (Lipinski definition) is 0. The molecule has 0 amide bonds. The SMILES string of the molecule is c1ccc(-c2ccc3cc(N(c4ccc(-c5ccc(-c6ccc7c(c6)c6ccccc6n7-c6cccc7ccccc67)cc5)cc4)c4ccc5c(c4)C(c4ccccc4)(c4ccccc4)c4ccccc4-5)ccc3c2)cc1. The highest BCUT2D eigenvalue weighted by Crippen LogP contribution is 2.57. The van der Waals surface area contributed by atoms with Gasteiger partial charge >= 0.3 is 0 Å². The van der Waals surface area contributed by atoms with E-state index in [1.165, 1.54) is 110 Å². The minimum atomic E-state index is -0.522. The molecule has 0 spiro atoms. The summed E-state index contributed by atoms with van der Waals surface area (Å²) in [6.45, 7) is 0. The van der Waals surface area contributed by atoms with Crippen molar-refractivity contribution in [2.24, 2.45) is 0 Å². The summed E-state index contributed by atoms with van der Waals surface area (Å²) in [5.74, 6) is 0. The number of nitrogens with zero attached hydrogens (tertiary/aromatic N) is 2. The van der Waals surface area contributed by atoms with Crippen LogP contribution < -0.4 is 4.90 Å². The molecule has 0 N–H and O–H groups in total. The van der Waals surface area contributed by atoms with E-state index < -0.39 is 5.41 Å². The van der Waals surface area contributed by atoms with Gasteiger partial charge in [-0.2, -0.15) is 0 Å². The van der Waals surface area contributed by atoms with Crippen LogP contribution in [0.2, 0.25) is 0 Å². The van der Waals surface area contributed by atoms with Crippen LogP contribution in [0.15, 0.2) is 303 Å². The lowest BCUT2D eigenvalue weighted by atomic mass is 9.67. The Morgan fingerprint density at radius 3 is 1.52 bits per heavy atom. The van der Waals surface area contributed by atoms with Crippen molar-refractivity contribution in [1.29, 1.82) is 0 Å². The van der Waals surface area contributed by atoms with E-state index in [0.717, 1.165) is 22.6 Å². The maximum absolute atomic E-state index is 2.46. The second kappa shape index (κ2) is 18.1. The largest absolute Gasteiger partial charge is 0.310 e. The van der Waals surface area contributed by atoms with Gasteiger partial charge in [-0.05, 0) is 150 Å². The van der Waals surface area contributed by atoms with Crippen molar-refractivity contribution >= 4 is 60.4 Å². The summed E-state index contributed by atoms with van der Waals surface area (Å²) in [6.07, 6.45) is 0. The highest BCUT2D eigenvalue weighted by atomic mass is 15.1. The van der Waals surface area contributed by atoms with Crippen LogP contribution in [0.3, 0.4) is 0 Å². The fourth-order valence-electron chi connectivity index (χ4n) is 12.7. The Morgan fingerprint density at radius 2 is 0.753 bits per heavy atom. The third-order valence-corrected chi connectivity index (χ3v) is 16.2. The molecule has 0 saturated carbocycles. The number of aromatic nitrogens is 1. The molecule has 14 aromatic rings. The molecule has 15 rings (SSSR count). The third-order valence-electron chi connectivity index (χ3n) is 16.2. The van der Waals surface area contributed by atoms with Crippen molar-refractivity contribution in [2.45, 2.75) is 5.41 Å². The minimum Gasteiger partial charge on any atom is -0.310 e. The van der Waals surface area contributed by atoms with Crippen LogP contribution in [0.1, 0.15) is 22.3 Å². The van der Waals surface area contributed by atoms with Crippen molar-refractivity contribution in [3.8, 4) is 50.2 Å². The quantitative estimate of drug-likeness (QED) is 0.140. The number of anilines is 3. The van der Waals surface area contributed by atoms with Gasteiger partial charge in [-0.25, -0.2) is 0 Å². The molecule has 0 radical (unpaired) electrons. The predicted octanol–water partition coefficient (Wildman–Crippen LogP) is 19.9. The first-order valence-corrected chi connectivity index (χ1v) is 26.6. The van der Waals surface area contributed by atoms with Gasteiger partial charge in [-0.15, -0.1) is 0 Å². The normalized spacial score (nSPS) is 12.5. The van der Waals surface area contributed by atoms with E-state index in [1.807, 2.05) is 0 Å². The fourth-order valence-corrected chi connectivity index (χ4v) is 12.7. The predicted molar refractivity (Wildman–Crippen MR) is 324 cm³/mol. The number of fused-ring (bicyclic) bond motifs is 8. The molecule has 0 fully saturated rings. The van der Waals surface area contributed by atoms with E-state index >= 15 is 0 Å². The lowest BCUT2D eigenvalue weighted by Crippen LogP contribution is -2.28. The van der Waals surface area contributed by atoms with Crippen LogP contribution in [0, 0.1) is 0 Å². The van der Waals surface area contributed by atoms with E-state index in [1.54, 1.807) is 0 Å². The molecule has 0 bridgehead atoms. The summed E-state index contributed by atoms with van der Waals surface area (Å²) in [4.78, 5) is 2.44. The van der Waals surface area contributed by atoms with Gasteiger partial charge in [0.25, 0.3) is 0 Å². The Balaban J connectivity index is 0.823. The standard InChI is InChI=1S/C75H50N2/c1-4-17-51(18-5-1)56-35-36-58-48-63(43-39-57(58)47-56)76(64-44-45-67-66-26-12-14-28-70(66)75(71(67)50-64,60-21-6-2-7-22-60)61-23-8-3-9-24-61)62-41-37-53(38-42-62)52-31-33-54(34-32-52)59-40-46-74-69(49-59)68-27-13-15-29-73(68)77(74)72-30-16-20-55-19-10-11-25-65(55)72/h1-50H. The van der Waals surface area contributed by atoms with Crippen molar-refractivity contribution in [3.05, 3.63) is 326 Å². The molecule has 0 saturated heterocycles. The molecule has 77 heavy (non-hydrogen) atoms. The molecule has 13 aromatic carbocycles. The molecule has 0 unspecified atom stereocenters. The Kier molecular flexibility index (Phi) is 10.5. The zero-order valence-corrected chi connectivity index (χ0v) is 42.3. The van der Waals surface area contributed by atoms with E-state index in [4.69, 9.17) is 0 Å². The van der Waals surface area contributed by atoms with Crippen LogP contribution >= 0.6 is 0 Å². The van der Waals surface area contributed by atoms with Gasteiger partial charge in [0.1, 0.15) is 0 Å². The Hall–Kier alpha value is -10.0. The molecular formula is C75H50N2. The summed E-state index contributed by atoms with van der Waals surface area (Å²) in [5, 5.41) is 7.38. The van der Waals surface area contributed by atoms with Crippen molar-refractivity contribution in [2.75, 3.05) is 4.90 Å². The molecule has 0 atom stereocenters. The third kappa shape index (κ3) is 7.25. The van der Waals surface area contributed by atoms with E-state index in [0.29, 0.717) is 0 Å². The van der Waals surface area contributed by atoms with Gasteiger partial charge in [0.2, 0.25) is 0 Å². The summed E-state index contributed by atoms with van der Waals surface area (Å²) >= 11 is 0. The molecule has 2 nitrogen and oxygen atoms in total. The van der Waals surface area contributed by atoms with Gasteiger partial charge in [-0.3, -0.25) is 0 Å². The number of rotatable bonds is 9. The van der Waals surface area contributed by atoms with E-state index in [9.17, 15) is 0 Å². The lowest BCUT2D eigenvalue weighted by molar-refractivity contribution is 0.768. The van der Waals surface area contributed by atoms with Gasteiger partial charge in [0.05, 0.1) is 22.1 Å². The minimum absolute atomic E-state index is 0.522. The van der Waals surface area contributed by atoms with Crippen LogP contribution in [0.25, 0.3) is 93.5 Å². The highest BCUT2D eigenvalue weighted by Gasteiger charge is 2.46. The van der Waals surface area contributed by atoms with E-state index in [2.05, 4.69) is 313 Å². The molecular weight excluding hydrogens is 929 g/mol. The Bertz CT molecular complexity index is 4490. The zero-order chi connectivity index (χ0) is 50.9. The monoisotopic (exact) mass is 978 g/mol. The first kappa shape index (κ1) is 44.5. The van der Waals surface area contributed by atoms with Crippen LogP contribution in [-0.2, 0) is 5.41 Å². The van der Waals surface area contributed by atoms with E-state index in [-0.39, 0.29) is 0 Å². The van der Waals surface area contributed by atoms with Gasteiger partial charge < -0.3 is 9.47 Å². The second-order valence-corrected chi connectivity index (χ2v) is 20.4. The molecule has 1 aliphatic rings. The molecule has 1 aromatic heterocycles. The Labute approximate surface area is 448 Å². The first-order valence-electron chi connectivity index (χ1n) is 26.6. The maximum atomic E-state index is 2.46. The molecule has 0 aliphatic heterocycles. The number of benzene rings is 13. The smallest absolute Gasteiger partial charge is 0.0714 e. The summed E-state index contributed by atoms with van der Waals surface area (Å²) in [7, 11) is 0.